The summed E-state index contributed by atoms with van der Waals surface area (Å²) in [6.45, 7) is 3.85. The van der Waals surface area contributed by atoms with E-state index in [9.17, 15) is 4.79 Å². The molecule has 0 bridgehead atoms. The largest absolute Gasteiger partial charge is 0.343 e. The van der Waals surface area contributed by atoms with E-state index in [2.05, 4.69) is 20.3 Å². The Morgan fingerprint density at radius 2 is 2.18 bits per heavy atom. The number of nitrogens with zero attached hydrogens (tertiary/aromatic N) is 3. The van der Waals surface area contributed by atoms with Gasteiger partial charge in [-0.2, -0.15) is 0 Å². The maximum Gasteiger partial charge on any atom is 0.271 e. The minimum absolute atomic E-state index is 0.0734. The van der Waals surface area contributed by atoms with Gasteiger partial charge in [0.15, 0.2) is 0 Å². The average Bonchev–Trinajstić information content (AvgIpc) is 2.77. The van der Waals surface area contributed by atoms with Gasteiger partial charge in [0.05, 0.1) is 17.2 Å². The number of nitrogens with one attached hydrogen (secondary N) is 1. The molecule has 2 aromatic heterocycles. The molecule has 0 aromatic carbocycles. The third-order valence-electron chi connectivity index (χ3n) is 2.21. The first-order chi connectivity index (χ1) is 8.16. The predicted molar refractivity (Wildman–Crippen MR) is 64.8 cm³/mol. The fraction of sp³-hybridized carbons (Fsp3) is 0.273. The number of thiazole rings is 1. The molecule has 0 saturated carbocycles. The molecule has 0 aliphatic rings. The van der Waals surface area contributed by atoms with Crippen molar-refractivity contribution in [3.05, 3.63) is 40.4 Å². The van der Waals surface area contributed by atoms with E-state index < -0.39 is 0 Å². The smallest absolute Gasteiger partial charge is 0.271 e. The van der Waals surface area contributed by atoms with Crippen molar-refractivity contribution < 1.29 is 4.79 Å². The average molecular weight is 248 g/mol. The molecule has 88 valence electrons. The second-order valence-corrected chi connectivity index (χ2v) is 4.83. The van der Waals surface area contributed by atoms with Crippen LogP contribution in [0, 0.1) is 6.92 Å². The molecule has 2 aromatic rings. The molecule has 6 heteroatoms. The summed E-state index contributed by atoms with van der Waals surface area (Å²) in [5.41, 5.74) is 0.320. The third kappa shape index (κ3) is 2.85. The molecule has 0 spiro atoms. The molecule has 1 unspecified atom stereocenters. The minimum atomic E-state index is -0.225. The highest BCUT2D eigenvalue weighted by Crippen LogP contribution is 2.19. The first-order valence-electron chi connectivity index (χ1n) is 5.16. The number of carbonyl (C=O) groups is 1. The van der Waals surface area contributed by atoms with E-state index in [1.165, 1.54) is 18.6 Å². The third-order valence-corrected chi connectivity index (χ3v) is 3.30. The van der Waals surface area contributed by atoms with Crippen LogP contribution in [0.1, 0.15) is 33.3 Å². The standard InChI is InChI=1S/C11H12N4OS/c1-7(10-6-14-8(2)17-10)15-11(16)9-5-12-3-4-13-9/h3-7H,1-2H3,(H,15,16). The van der Waals surface area contributed by atoms with E-state index >= 15 is 0 Å². The van der Waals surface area contributed by atoms with Gasteiger partial charge in [0.2, 0.25) is 0 Å². The van der Waals surface area contributed by atoms with Gasteiger partial charge in [-0.05, 0) is 13.8 Å². The van der Waals surface area contributed by atoms with E-state index in [0.717, 1.165) is 9.88 Å². The van der Waals surface area contributed by atoms with Gasteiger partial charge in [0.1, 0.15) is 5.69 Å². The molecule has 0 saturated heterocycles. The summed E-state index contributed by atoms with van der Waals surface area (Å²) in [6.07, 6.45) is 6.25. The second-order valence-electron chi connectivity index (χ2n) is 3.57. The van der Waals surface area contributed by atoms with Crippen LogP contribution in [0.15, 0.2) is 24.8 Å². The van der Waals surface area contributed by atoms with Crippen LogP contribution in [-0.4, -0.2) is 20.9 Å². The monoisotopic (exact) mass is 248 g/mol. The molecule has 0 fully saturated rings. The van der Waals surface area contributed by atoms with E-state index in [4.69, 9.17) is 0 Å². The molecule has 1 N–H and O–H groups in total. The lowest BCUT2D eigenvalue weighted by molar-refractivity contribution is 0.0935. The Bertz CT molecular complexity index is 511. The van der Waals surface area contributed by atoms with Crippen molar-refractivity contribution in [1.29, 1.82) is 0 Å². The van der Waals surface area contributed by atoms with E-state index in [-0.39, 0.29) is 11.9 Å². The van der Waals surface area contributed by atoms with Gasteiger partial charge in [0, 0.05) is 23.5 Å². The Labute approximate surface area is 103 Å². The van der Waals surface area contributed by atoms with Crippen LogP contribution in [-0.2, 0) is 0 Å². The maximum atomic E-state index is 11.8. The Morgan fingerprint density at radius 1 is 1.35 bits per heavy atom. The number of hydrogen-bond acceptors (Lipinski definition) is 5. The molecule has 1 amide bonds. The number of rotatable bonds is 3. The van der Waals surface area contributed by atoms with E-state index in [1.54, 1.807) is 17.5 Å². The van der Waals surface area contributed by atoms with Gasteiger partial charge in [-0.3, -0.25) is 9.78 Å². The number of hydrogen-bond donors (Lipinski definition) is 1. The zero-order valence-corrected chi connectivity index (χ0v) is 10.4. The molecule has 17 heavy (non-hydrogen) atoms. The number of aromatic nitrogens is 3. The Hall–Kier alpha value is -1.82. The summed E-state index contributed by atoms with van der Waals surface area (Å²) in [5.74, 6) is -0.225. The van der Waals surface area contributed by atoms with Crippen molar-refractivity contribution >= 4 is 17.2 Å². The highest BCUT2D eigenvalue weighted by Gasteiger charge is 2.14. The quantitative estimate of drug-likeness (QED) is 0.898. The first-order valence-corrected chi connectivity index (χ1v) is 5.97. The summed E-state index contributed by atoms with van der Waals surface area (Å²) < 4.78 is 0. The highest BCUT2D eigenvalue weighted by molar-refractivity contribution is 7.11. The Kier molecular flexibility index (Phi) is 3.43. The normalized spacial score (nSPS) is 12.1. The number of aryl methyl sites for hydroxylation is 1. The van der Waals surface area contributed by atoms with Crippen LogP contribution in [0.2, 0.25) is 0 Å². The van der Waals surface area contributed by atoms with Gasteiger partial charge in [-0.25, -0.2) is 9.97 Å². The molecule has 0 radical (unpaired) electrons. The van der Waals surface area contributed by atoms with Crippen LogP contribution >= 0.6 is 11.3 Å². The van der Waals surface area contributed by atoms with Crippen LogP contribution in [0.25, 0.3) is 0 Å². The van der Waals surface area contributed by atoms with Crippen molar-refractivity contribution in [2.75, 3.05) is 0 Å². The fourth-order valence-corrected chi connectivity index (χ4v) is 2.12. The number of carbonyl (C=O) groups excluding carboxylic acids is 1. The Morgan fingerprint density at radius 3 is 2.76 bits per heavy atom. The maximum absolute atomic E-state index is 11.8. The molecule has 2 heterocycles. The van der Waals surface area contributed by atoms with Crippen LogP contribution in [0.4, 0.5) is 0 Å². The number of amides is 1. The zero-order valence-electron chi connectivity index (χ0n) is 9.54. The molecule has 1 atom stereocenters. The van der Waals surface area contributed by atoms with Crippen molar-refractivity contribution in [2.45, 2.75) is 19.9 Å². The van der Waals surface area contributed by atoms with Gasteiger partial charge in [0.25, 0.3) is 5.91 Å². The summed E-state index contributed by atoms with van der Waals surface area (Å²) >= 11 is 1.57. The van der Waals surface area contributed by atoms with Crippen LogP contribution in [0.3, 0.4) is 0 Å². The minimum Gasteiger partial charge on any atom is -0.343 e. The molecule has 0 aliphatic heterocycles. The Balaban J connectivity index is 2.04. The summed E-state index contributed by atoms with van der Waals surface area (Å²) in [7, 11) is 0. The van der Waals surface area contributed by atoms with Gasteiger partial charge >= 0.3 is 0 Å². The highest BCUT2D eigenvalue weighted by atomic mass is 32.1. The molecule has 5 nitrogen and oxygen atoms in total. The molecule has 0 aliphatic carbocycles. The lowest BCUT2D eigenvalue weighted by Gasteiger charge is -2.10. The van der Waals surface area contributed by atoms with Crippen LogP contribution < -0.4 is 5.32 Å². The second kappa shape index (κ2) is 5.01. The topological polar surface area (TPSA) is 67.8 Å². The molecular formula is C11H12N4OS. The summed E-state index contributed by atoms with van der Waals surface area (Å²) in [4.78, 5) is 24.8. The molecule has 2 rings (SSSR count). The summed E-state index contributed by atoms with van der Waals surface area (Å²) in [5, 5.41) is 3.84. The van der Waals surface area contributed by atoms with Crippen molar-refractivity contribution in [3.63, 3.8) is 0 Å². The lowest BCUT2D eigenvalue weighted by Crippen LogP contribution is -2.26. The van der Waals surface area contributed by atoms with Gasteiger partial charge < -0.3 is 5.32 Å². The predicted octanol–water partition coefficient (Wildman–Crippen LogP) is 1.73. The lowest BCUT2D eigenvalue weighted by atomic mass is 10.3. The van der Waals surface area contributed by atoms with E-state index in [1.807, 2.05) is 13.8 Å². The first kappa shape index (κ1) is 11.7. The van der Waals surface area contributed by atoms with Crippen LogP contribution in [0.5, 0.6) is 0 Å². The van der Waals surface area contributed by atoms with Gasteiger partial charge in [-0.15, -0.1) is 11.3 Å². The zero-order chi connectivity index (χ0) is 12.3. The summed E-state index contributed by atoms with van der Waals surface area (Å²) in [6, 6.07) is -0.0734. The van der Waals surface area contributed by atoms with Crippen molar-refractivity contribution in [3.8, 4) is 0 Å². The van der Waals surface area contributed by atoms with Crippen molar-refractivity contribution in [2.24, 2.45) is 0 Å². The van der Waals surface area contributed by atoms with Crippen molar-refractivity contribution in [1.82, 2.24) is 20.3 Å². The van der Waals surface area contributed by atoms with Gasteiger partial charge in [-0.1, -0.05) is 0 Å². The molecular weight excluding hydrogens is 236 g/mol. The van der Waals surface area contributed by atoms with E-state index in [0.29, 0.717) is 5.69 Å². The SMILES string of the molecule is Cc1ncc(C(C)NC(=O)c2cnccn2)s1. The fourth-order valence-electron chi connectivity index (χ4n) is 1.34.